The van der Waals surface area contributed by atoms with Gasteiger partial charge in [0, 0.05) is 29.7 Å². The second-order valence-electron chi connectivity index (χ2n) is 5.52. The van der Waals surface area contributed by atoms with Crippen LogP contribution in [0.25, 0.3) is 0 Å². The number of carbonyl (C=O) groups excluding carboxylic acids is 2. The molecule has 2 aromatic rings. The zero-order valence-corrected chi connectivity index (χ0v) is 14.1. The summed E-state index contributed by atoms with van der Waals surface area (Å²) in [6, 6.07) is 10.8. The third-order valence-corrected chi connectivity index (χ3v) is 5.07. The molecule has 3 rings (SSSR count). The van der Waals surface area contributed by atoms with Crippen LogP contribution in [0.3, 0.4) is 0 Å². The maximum absolute atomic E-state index is 12.4. The zero-order chi connectivity index (χ0) is 16.2. The van der Waals surface area contributed by atoms with Crippen LogP contribution in [0.2, 0.25) is 5.02 Å². The molecule has 0 atom stereocenters. The van der Waals surface area contributed by atoms with Gasteiger partial charge in [-0.2, -0.15) is 0 Å². The van der Waals surface area contributed by atoms with Crippen molar-refractivity contribution < 1.29 is 9.59 Å². The van der Waals surface area contributed by atoms with Gasteiger partial charge in [-0.1, -0.05) is 17.7 Å². The van der Waals surface area contributed by atoms with Crippen molar-refractivity contribution in [1.82, 2.24) is 10.2 Å². The fourth-order valence-corrected chi connectivity index (χ4v) is 3.42. The third kappa shape index (κ3) is 3.92. The Morgan fingerprint density at radius 2 is 1.83 bits per heavy atom. The average molecular weight is 349 g/mol. The normalized spacial score (nSPS) is 15.4. The number of nitrogens with one attached hydrogen (secondary N) is 1. The zero-order valence-electron chi connectivity index (χ0n) is 12.5. The molecule has 0 aliphatic carbocycles. The standard InChI is InChI=1S/C17H17ClN2O2S/c18-13-5-3-12(4-6-13)17(22)20-9-7-14(8-10-20)19-16(21)15-2-1-11-23-15/h1-6,11,14H,7-10H2,(H,19,21). The summed E-state index contributed by atoms with van der Waals surface area (Å²) < 4.78 is 0. The molecule has 1 aromatic heterocycles. The van der Waals surface area contributed by atoms with Gasteiger partial charge in [0.1, 0.15) is 0 Å². The van der Waals surface area contributed by atoms with Crippen LogP contribution in [0.4, 0.5) is 0 Å². The van der Waals surface area contributed by atoms with Gasteiger partial charge < -0.3 is 10.2 Å². The van der Waals surface area contributed by atoms with Crippen molar-refractivity contribution in [2.45, 2.75) is 18.9 Å². The highest BCUT2D eigenvalue weighted by Gasteiger charge is 2.25. The van der Waals surface area contributed by atoms with Crippen molar-refractivity contribution in [2.75, 3.05) is 13.1 Å². The van der Waals surface area contributed by atoms with Gasteiger partial charge in [-0.25, -0.2) is 0 Å². The van der Waals surface area contributed by atoms with Crippen molar-refractivity contribution in [1.29, 1.82) is 0 Å². The summed E-state index contributed by atoms with van der Waals surface area (Å²) in [6.07, 6.45) is 1.55. The molecular formula is C17H17ClN2O2S. The van der Waals surface area contributed by atoms with Crippen LogP contribution in [-0.4, -0.2) is 35.8 Å². The Balaban J connectivity index is 1.53. The number of piperidine rings is 1. The molecular weight excluding hydrogens is 332 g/mol. The van der Waals surface area contributed by atoms with E-state index in [2.05, 4.69) is 5.32 Å². The molecule has 1 N–H and O–H groups in total. The summed E-state index contributed by atoms with van der Waals surface area (Å²) >= 11 is 7.28. The largest absolute Gasteiger partial charge is 0.348 e. The summed E-state index contributed by atoms with van der Waals surface area (Å²) in [6.45, 7) is 1.30. The smallest absolute Gasteiger partial charge is 0.261 e. The summed E-state index contributed by atoms with van der Waals surface area (Å²) in [5, 5.41) is 5.56. The fourth-order valence-electron chi connectivity index (χ4n) is 2.67. The molecule has 0 saturated carbocycles. The van der Waals surface area contributed by atoms with E-state index in [9.17, 15) is 9.59 Å². The highest BCUT2D eigenvalue weighted by atomic mass is 35.5. The SMILES string of the molecule is O=C(NC1CCN(C(=O)c2ccc(Cl)cc2)CC1)c1cccs1. The quantitative estimate of drug-likeness (QED) is 0.923. The summed E-state index contributed by atoms with van der Waals surface area (Å²) in [5.74, 6) is -0.00724. The van der Waals surface area contributed by atoms with Crippen LogP contribution < -0.4 is 5.32 Å². The lowest BCUT2D eigenvalue weighted by atomic mass is 10.0. The minimum atomic E-state index is -0.0255. The Labute approximate surface area is 144 Å². The number of nitrogens with zero attached hydrogens (tertiary/aromatic N) is 1. The molecule has 4 nitrogen and oxygen atoms in total. The Kier molecular flexibility index (Phi) is 4.98. The molecule has 1 fully saturated rings. The van der Waals surface area contributed by atoms with Crippen molar-refractivity contribution in [3.63, 3.8) is 0 Å². The van der Waals surface area contributed by atoms with Crippen molar-refractivity contribution in [2.24, 2.45) is 0 Å². The second-order valence-corrected chi connectivity index (χ2v) is 6.91. The summed E-state index contributed by atoms with van der Waals surface area (Å²) in [4.78, 5) is 27.0. The first-order valence-electron chi connectivity index (χ1n) is 7.52. The topological polar surface area (TPSA) is 49.4 Å². The predicted octanol–water partition coefficient (Wildman–Crippen LogP) is 3.44. The van der Waals surface area contributed by atoms with Gasteiger partial charge in [0.2, 0.25) is 0 Å². The van der Waals surface area contributed by atoms with Gasteiger partial charge in [-0.05, 0) is 48.6 Å². The second kappa shape index (κ2) is 7.15. The molecule has 23 heavy (non-hydrogen) atoms. The van der Waals surface area contributed by atoms with Gasteiger partial charge >= 0.3 is 0 Å². The number of carbonyl (C=O) groups is 2. The number of rotatable bonds is 3. The molecule has 0 spiro atoms. The Morgan fingerprint density at radius 3 is 2.43 bits per heavy atom. The first-order valence-corrected chi connectivity index (χ1v) is 8.78. The van der Waals surface area contributed by atoms with Crippen LogP contribution in [0.15, 0.2) is 41.8 Å². The molecule has 120 valence electrons. The number of hydrogen-bond acceptors (Lipinski definition) is 3. The number of hydrogen-bond donors (Lipinski definition) is 1. The van der Waals surface area contributed by atoms with Crippen LogP contribution >= 0.6 is 22.9 Å². The van der Waals surface area contributed by atoms with Gasteiger partial charge in [0.05, 0.1) is 4.88 Å². The predicted molar refractivity (Wildman–Crippen MR) is 92.2 cm³/mol. The van der Waals surface area contributed by atoms with E-state index >= 15 is 0 Å². The molecule has 0 bridgehead atoms. The number of amides is 2. The average Bonchev–Trinajstić information content (AvgIpc) is 3.10. The van der Waals surface area contributed by atoms with Gasteiger partial charge in [0.25, 0.3) is 11.8 Å². The minimum absolute atomic E-state index is 0.0182. The molecule has 6 heteroatoms. The first kappa shape index (κ1) is 16.0. The Hall–Kier alpha value is -1.85. The Bertz CT molecular complexity index is 677. The van der Waals surface area contributed by atoms with Crippen LogP contribution in [0.5, 0.6) is 0 Å². The van der Waals surface area contributed by atoms with Gasteiger partial charge in [0.15, 0.2) is 0 Å². The number of likely N-dealkylation sites (tertiary alicyclic amines) is 1. The number of benzene rings is 1. The van der Waals surface area contributed by atoms with Crippen molar-refractivity contribution in [3.8, 4) is 0 Å². The van der Waals surface area contributed by atoms with E-state index in [1.54, 1.807) is 24.3 Å². The van der Waals surface area contributed by atoms with E-state index in [4.69, 9.17) is 11.6 Å². The fraction of sp³-hybridized carbons (Fsp3) is 0.294. The third-order valence-electron chi connectivity index (χ3n) is 3.95. The molecule has 2 heterocycles. The summed E-state index contributed by atoms with van der Waals surface area (Å²) in [5.41, 5.74) is 0.649. The van der Waals surface area contributed by atoms with E-state index in [-0.39, 0.29) is 17.9 Å². The van der Waals surface area contributed by atoms with Crippen molar-refractivity contribution >= 4 is 34.8 Å². The molecule has 1 aliphatic rings. The van der Waals surface area contributed by atoms with Crippen LogP contribution in [0.1, 0.15) is 32.9 Å². The molecule has 1 aliphatic heterocycles. The minimum Gasteiger partial charge on any atom is -0.348 e. The Morgan fingerprint density at radius 1 is 1.13 bits per heavy atom. The summed E-state index contributed by atoms with van der Waals surface area (Å²) in [7, 11) is 0. The van der Waals surface area contributed by atoms with E-state index in [0.29, 0.717) is 23.7 Å². The van der Waals surface area contributed by atoms with Crippen LogP contribution in [0, 0.1) is 0 Å². The van der Waals surface area contributed by atoms with E-state index in [0.717, 1.165) is 17.7 Å². The van der Waals surface area contributed by atoms with Gasteiger partial charge in [-0.3, -0.25) is 9.59 Å². The van der Waals surface area contributed by atoms with E-state index < -0.39 is 0 Å². The number of thiophene rings is 1. The lowest BCUT2D eigenvalue weighted by Crippen LogP contribution is -2.46. The monoisotopic (exact) mass is 348 g/mol. The maximum Gasteiger partial charge on any atom is 0.261 e. The van der Waals surface area contributed by atoms with Crippen LogP contribution in [-0.2, 0) is 0 Å². The first-order chi connectivity index (χ1) is 11.1. The van der Waals surface area contributed by atoms with E-state index in [1.807, 2.05) is 22.4 Å². The maximum atomic E-state index is 12.4. The highest BCUT2D eigenvalue weighted by Crippen LogP contribution is 2.17. The molecule has 2 amide bonds. The van der Waals surface area contributed by atoms with Crippen molar-refractivity contribution in [3.05, 3.63) is 57.2 Å². The highest BCUT2D eigenvalue weighted by molar-refractivity contribution is 7.12. The lowest BCUT2D eigenvalue weighted by molar-refractivity contribution is 0.0698. The molecule has 0 unspecified atom stereocenters. The van der Waals surface area contributed by atoms with Gasteiger partial charge in [-0.15, -0.1) is 11.3 Å². The molecule has 1 saturated heterocycles. The number of halogens is 1. The molecule has 0 radical (unpaired) electrons. The lowest BCUT2D eigenvalue weighted by Gasteiger charge is -2.32. The van der Waals surface area contributed by atoms with E-state index in [1.165, 1.54) is 11.3 Å². The molecule has 1 aromatic carbocycles.